The van der Waals surface area contributed by atoms with Crippen molar-refractivity contribution < 1.29 is 9.15 Å². The molecular weight excluding hydrogens is 222 g/mol. The van der Waals surface area contributed by atoms with Crippen LogP contribution < -0.4 is 16.8 Å². The van der Waals surface area contributed by atoms with Gasteiger partial charge < -0.3 is 20.2 Å². The molecule has 2 aromatic rings. The summed E-state index contributed by atoms with van der Waals surface area (Å²) in [7, 11) is 0. The summed E-state index contributed by atoms with van der Waals surface area (Å²) < 4.78 is 10.1. The molecule has 1 heterocycles. The topological polar surface area (TPSA) is 93.3 Å². The Morgan fingerprint density at radius 2 is 2.35 bits per heavy atom. The SMILES string of the molecule is CCOCCNc1cc2[nH]c(=O)oc2cc1N. The number of rotatable bonds is 5. The van der Waals surface area contributed by atoms with Gasteiger partial charge in [0.25, 0.3) is 0 Å². The molecule has 0 saturated carbocycles. The number of fused-ring (bicyclic) bond motifs is 1. The molecule has 6 nitrogen and oxygen atoms in total. The summed E-state index contributed by atoms with van der Waals surface area (Å²) >= 11 is 0. The largest absolute Gasteiger partial charge is 0.417 e. The molecule has 0 atom stereocenters. The van der Waals surface area contributed by atoms with Crippen LogP contribution in [0.1, 0.15) is 6.92 Å². The van der Waals surface area contributed by atoms with Crippen LogP contribution in [0.25, 0.3) is 11.1 Å². The van der Waals surface area contributed by atoms with Crippen molar-refractivity contribution in [1.29, 1.82) is 0 Å². The number of aromatic nitrogens is 1. The van der Waals surface area contributed by atoms with E-state index in [2.05, 4.69) is 10.3 Å². The number of ether oxygens (including phenoxy) is 1. The Kier molecular flexibility index (Phi) is 3.34. The van der Waals surface area contributed by atoms with Crippen molar-refractivity contribution in [1.82, 2.24) is 4.98 Å². The molecule has 0 bridgehead atoms. The zero-order chi connectivity index (χ0) is 12.3. The summed E-state index contributed by atoms with van der Waals surface area (Å²) in [5, 5.41) is 3.14. The van der Waals surface area contributed by atoms with Crippen LogP contribution in [0, 0.1) is 0 Å². The molecule has 4 N–H and O–H groups in total. The van der Waals surface area contributed by atoms with Gasteiger partial charge >= 0.3 is 5.76 Å². The Morgan fingerprint density at radius 1 is 1.53 bits per heavy atom. The lowest BCUT2D eigenvalue weighted by atomic mass is 10.2. The van der Waals surface area contributed by atoms with Crippen molar-refractivity contribution in [2.75, 3.05) is 30.8 Å². The third-order valence-corrected chi connectivity index (χ3v) is 2.36. The van der Waals surface area contributed by atoms with Gasteiger partial charge in [0.05, 0.1) is 23.5 Å². The van der Waals surface area contributed by atoms with Crippen LogP contribution >= 0.6 is 0 Å². The van der Waals surface area contributed by atoms with Crippen LogP contribution in [-0.2, 0) is 4.74 Å². The van der Waals surface area contributed by atoms with Gasteiger partial charge in [-0.15, -0.1) is 0 Å². The first-order valence-corrected chi connectivity index (χ1v) is 5.44. The van der Waals surface area contributed by atoms with E-state index in [1.165, 1.54) is 0 Å². The molecule has 2 rings (SSSR count). The number of oxazole rings is 1. The molecular formula is C11H15N3O3. The van der Waals surface area contributed by atoms with Gasteiger partial charge in [-0.3, -0.25) is 4.98 Å². The van der Waals surface area contributed by atoms with E-state index in [1.54, 1.807) is 12.1 Å². The summed E-state index contributed by atoms with van der Waals surface area (Å²) in [6.07, 6.45) is 0. The fourth-order valence-electron chi connectivity index (χ4n) is 1.57. The van der Waals surface area contributed by atoms with Crippen molar-refractivity contribution in [2.24, 2.45) is 0 Å². The summed E-state index contributed by atoms with van der Waals surface area (Å²) in [6.45, 7) is 3.89. The predicted octanol–water partition coefficient (Wildman–Crippen LogP) is 1.15. The molecule has 0 spiro atoms. The second-order valence-corrected chi connectivity index (χ2v) is 3.57. The minimum Gasteiger partial charge on any atom is -0.408 e. The van der Waals surface area contributed by atoms with Gasteiger partial charge in [0.15, 0.2) is 5.58 Å². The summed E-state index contributed by atoms with van der Waals surface area (Å²) in [6, 6.07) is 3.37. The molecule has 0 radical (unpaired) electrons. The van der Waals surface area contributed by atoms with Crippen LogP contribution in [0.4, 0.5) is 11.4 Å². The first kappa shape index (κ1) is 11.5. The van der Waals surface area contributed by atoms with Crippen LogP contribution in [-0.4, -0.2) is 24.7 Å². The number of nitrogens with one attached hydrogen (secondary N) is 2. The first-order chi connectivity index (χ1) is 8.20. The maximum Gasteiger partial charge on any atom is 0.417 e. The average Bonchev–Trinajstić information content (AvgIpc) is 2.63. The molecule has 0 aliphatic heterocycles. The number of hydrogen-bond donors (Lipinski definition) is 3. The molecule has 0 saturated heterocycles. The Morgan fingerprint density at radius 3 is 3.12 bits per heavy atom. The van der Waals surface area contributed by atoms with E-state index in [9.17, 15) is 4.79 Å². The minimum absolute atomic E-state index is 0.461. The second-order valence-electron chi connectivity index (χ2n) is 3.57. The Hall–Kier alpha value is -1.95. The van der Waals surface area contributed by atoms with Crippen LogP contribution in [0.15, 0.2) is 21.3 Å². The summed E-state index contributed by atoms with van der Waals surface area (Å²) in [4.78, 5) is 13.6. The molecule has 0 unspecified atom stereocenters. The zero-order valence-corrected chi connectivity index (χ0v) is 9.58. The maximum absolute atomic E-state index is 11.0. The number of hydrogen-bond acceptors (Lipinski definition) is 5. The molecule has 1 aromatic carbocycles. The van der Waals surface area contributed by atoms with Crippen molar-refractivity contribution in [3.8, 4) is 0 Å². The van der Waals surface area contributed by atoms with E-state index in [0.717, 1.165) is 5.69 Å². The Labute approximate surface area is 97.8 Å². The molecule has 0 amide bonds. The van der Waals surface area contributed by atoms with Gasteiger partial charge in [0.2, 0.25) is 0 Å². The van der Waals surface area contributed by atoms with E-state index in [0.29, 0.717) is 36.5 Å². The first-order valence-electron chi connectivity index (χ1n) is 5.44. The molecule has 92 valence electrons. The van der Waals surface area contributed by atoms with Gasteiger partial charge in [0.1, 0.15) is 0 Å². The monoisotopic (exact) mass is 237 g/mol. The van der Waals surface area contributed by atoms with Gasteiger partial charge in [0, 0.05) is 19.2 Å². The van der Waals surface area contributed by atoms with Crippen molar-refractivity contribution >= 4 is 22.5 Å². The molecule has 0 fully saturated rings. The lowest BCUT2D eigenvalue weighted by molar-refractivity contribution is 0.158. The lowest BCUT2D eigenvalue weighted by Crippen LogP contribution is -2.10. The van der Waals surface area contributed by atoms with E-state index in [-0.39, 0.29) is 0 Å². The number of nitrogens with two attached hydrogens (primary N) is 1. The average molecular weight is 237 g/mol. The quantitative estimate of drug-likeness (QED) is 0.536. The van der Waals surface area contributed by atoms with E-state index < -0.39 is 5.76 Å². The normalized spacial score (nSPS) is 10.9. The standard InChI is InChI=1S/C11H15N3O3/c1-2-16-4-3-13-8-6-9-10(5-7(8)12)17-11(15)14-9/h5-6,13H,2-4,12H2,1H3,(H,14,15). The Bertz CT molecular complexity index is 559. The van der Waals surface area contributed by atoms with Crippen LogP contribution in [0.5, 0.6) is 0 Å². The van der Waals surface area contributed by atoms with Crippen molar-refractivity contribution in [3.63, 3.8) is 0 Å². The second kappa shape index (κ2) is 4.92. The van der Waals surface area contributed by atoms with Gasteiger partial charge in [-0.2, -0.15) is 0 Å². The highest BCUT2D eigenvalue weighted by molar-refractivity contribution is 5.85. The minimum atomic E-state index is -0.481. The fraction of sp³-hybridized carbons (Fsp3) is 0.364. The molecule has 0 aliphatic rings. The number of aromatic amines is 1. The molecule has 17 heavy (non-hydrogen) atoms. The van der Waals surface area contributed by atoms with Crippen molar-refractivity contribution in [2.45, 2.75) is 6.92 Å². The highest BCUT2D eigenvalue weighted by Crippen LogP contribution is 2.23. The predicted molar refractivity (Wildman–Crippen MR) is 66.2 cm³/mol. The lowest BCUT2D eigenvalue weighted by Gasteiger charge is -2.08. The van der Waals surface area contributed by atoms with Crippen LogP contribution in [0.3, 0.4) is 0 Å². The molecule has 6 heteroatoms. The zero-order valence-electron chi connectivity index (χ0n) is 9.58. The van der Waals surface area contributed by atoms with Gasteiger partial charge in [-0.25, -0.2) is 4.79 Å². The Balaban J connectivity index is 2.16. The summed E-state index contributed by atoms with van der Waals surface area (Å²) in [5.41, 5.74) is 8.22. The number of benzene rings is 1. The number of H-pyrrole nitrogens is 1. The third kappa shape index (κ3) is 2.59. The van der Waals surface area contributed by atoms with Gasteiger partial charge in [-0.1, -0.05) is 0 Å². The van der Waals surface area contributed by atoms with E-state index in [4.69, 9.17) is 14.9 Å². The van der Waals surface area contributed by atoms with Crippen LogP contribution in [0.2, 0.25) is 0 Å². The number of nitrogen functional groups attached to an aromatic ring is 1. The highest BCUT2D eigenvalue weighted by atomic mass is 16.5. The maximum atomic E-state index is 11.0. The van der Waals surface area contributed by atoms with Crippen molar-refractivity contribution in [3.05, 3.63) is 22.7 Å². The number of anilines is 2. The van der Waals surface area contributed by atoms with E-state index in [1.807, 2.05) is 6.92 Å². The third-order valence-electron chi connectivity index (χ3n) is 2.36. The highest BCUT2D eigenvalue weighted by Gasteiger charge is 2.06. The molecule has 0 aliphatic carbocycles. The molecule has 1 aromatic heterocycles. The van der Waals surface area contributed by atoms with E-state index >= 15 is 0 Å². The smallest absolute Gasteiger partial charge is 0.408 e. The summed E-state index contributed by atoms with van der Waals surface area (Å²) in [5.74, 6) is -0.481. The van der Waals surface area contributed by atoms with Gasteiger partial charge in [-0.05, 0) is 13.0 Å². The fourth-order valence-corrected chi connectivity index (χ4v) is 1.57.